The highest BCUT2D eigenvalue weighted by Gasteiger charge is 2.13. The monoisotopic (exact) mass is 343 g/mol. The summed E-state index contributed by atoms with van der Waals surface area (Å²) in [6.45, 7) is 5.71. The molecule has 0 radical (unpaired) electrons. The summed E-state index contributed by atoms with van der Waals surface area (Å²) in [7, 11) is 1.70. The van der Waals surface area contributed by atoms with Crippen LogP contribution in [0.2, 0.25) is 0 Å². The van der Waals surface area contributed by atoms with Crippen LogP contribution in [0.4, 0.5) is 0 Å². The van der Waals surface area contributed by atoms with E-state index in [1.165, 1.54) is 11.1 Å². The maximum Gasteiger partial charge on any atom is 0.0900 e. The van der Waals surface area contributed by atoms with Crippen molar-refractivity contribution in [1.29, 1.82) is 0 Å². The number of benzene rings is 2. The van der Waals surface area contributed by atoms with Gasteiger partial charge in [0.25, 0.3) is 0 Å². The van der Waals surface area contributed by atoms with Gasteiger partial charge in [-0.3, -0.25) is 4.90 Å². The molecule has 0 aliphatic heterocycles. The van der Waals surface area contributed by atoms with Crippen LogP contribution in [0, 0.1) is 6.92 Å². The molecule has 0 aliphatic rings. The second-order valence-electron chi connectivity index (χ2n) is 6.37. The zero-order valence-corrected chi connectivity index (χ0v) is 15.2. The molecule has 1 N–H and O–H groups in total. The zero-order chi connectivity index (χ0) is 17.9. The molecule has 0 unspecified atom stereocenters. The van der Waals surface area contributed by atoms with Crippen LogP contribution < -0.4 is 0 Å². The van der Waals surface area contributed by atoms with Gasteiger partial charge in [0.15, 0.2) is 0 Å². The van der Waals surface area contributed by atoms with Gasteiger partial charge < -0.3 is 14.6 Å². The first kappa shape index (κ1) is 19.6. The average molecular weight is 343 g/mol. The van der Waals surface area contributed by atoms with Gasteiger partial charge in [-0.1, -0.05) is 60.2 Å². The second kappa shape index (κ2) is 11.0. The molecule has 25 heavy (non-hydrogen) atoms. The number of aryl methyl sites for hydroxylation is 1. The summed E-state index contributed by atoms with van der Waals surface area (Å²) in [4.78, 5) is 2.20. The van der Waals surface area contributed by atoms with E-state index in [0.29, 0.717) is 26.4 Å². The van der Waals surface area contributed by atoms with Gasteiger partial charge in [0.05, 0.1) is 25.9 Å². The molecular weight excluding hydrogens is 314 g/mol. The molecule has 0 bridgehead atoms. The lowest BCUT2D eigenvalue weighted by atomic mass is 10.1. The van der Waals surface area contributed by atoms with Crippen LogP contribution in [0.1, 0.15) is 16.7 Å². The van der Waals surface area contributed by atoms with Crippen LogP contribution in [0.25, 0.3) is 0 Å². The molecule has 0 aliphatic carbocycles. The zero-order valence-electron chi connectivity index (χ0n) is 15.2. The van der Waals surface area contributed by atoms with Crippen LogP contribution in [-0.4, -0.2) is 49.5 Å². The fourth-order valence-corrected chi connectivity index (χ4v) is 2.76. The molecular formula is C21H29NO3. The number of aliphatic hydroxyl groups excluding tert-OH is 1. The first-order valence-corrected chi connectivity index (χ1v) is 8.74. The van der Waals surface area contributed by atoms with Crippen molar-refractivity contribution < 1.29 is 14.6 Å². The number of aliphatic hydroxyl groups is 1. The third kappa shape index (κ3) is 7.80. The number of hydrogen-bond acceptors (Lipinski definition) is 4. The molecule has 0 heterocycles. The van der Waals surface area contributed by atoms with Crippen LogP contribution >= 0.6 is 0 Å². The Kier molecular flexibility index (Phi) is 8.63. The van der Waals surface area contributed by atoms with Crippen molar-refractivity contribution in [2.75, 3.05) is 33.4 Å². The average Bonchev–Trinajstić information content (AvgIpc) is 2.60. The van der Waals surface area contributed by atoms with Crippen LogP contribution in [0.5, 0.6) is 0 Å². The minimum Gasteiger partial charge on any atom is -0.389 e. The van der Waals surface area contributed by atoms with Gasteiger partial charge in [-0.15, -0.1) is 0 Å². The topological polar surface area (TPSA) is 41.9 Å². The van der Waals surface area contributed by atoms with Gasteiger partial charge in [0.2, 0.25) is 0 Å². The highest BCUT2D eigenvalue weighted by Crippen LogP contribution is 2.09. The van der Waals surface area contributed by atoms with E-state index >= 15 is 0 Å². The fourth-order valence-electron chi connectivity index (χ4n) is 2.76. The molecule has 0 saturated carbocycles. The minimum absolute atomic E-state index is 0.326. The standard InChI is InChI=1S/C21H29NO3/c1-18-7-6-10-20(13-18)14-22(11-12-24-2)15-21(23)17-25-16-19-8-4-3-5-9-19/h3-10,13,21,23H,11-12,14-17H2,1-2H3/t21-/m1/s1. The smallest absolute Gasteiger partial charge is 0.0900 e. The minimum atomic E-state index is -0.523. The Morgan fingerprint density at radius 2 is 1.80 bits per heavy atom. The van der Waals surface area contributed by atoms with Gasteiger partial charge in [-0.05, 0) is 18.1 Å². The van der Waals surface area contributed by atoms with Gasteiger partial charge in [0.1, 0.15) is 0 Å². The largest absolute Gasteiger partial charge is 0.389 e. The third-order valence-electron chi connectivity index (χ3n) is 3.99. The molecule has 0 saturated heterocycles. The lowest BCUT2D eigenvalue weighted by Gasteiger charge is -2.25. The fraction of sp³-hybridized carbons (Fsp3) is 0.429. The first-order chi connectivity index (χ1) is 12.2. The van der Waals surface area contributed by atoms with Crippen LogP contribution in [-0.2, 0) is 22.6 Å². The van der Waals surface area contributed by atoms with E-state index in [-0.39, 0.29) is 0 Å². The Labute approximate surface area is 151 Å². The van der Waals surface area contributed by atoms with E-state index in [1.807, 2.05) is 30.3 Å². The summed E-state index contributed by atoms with van der Waals surface area (Å²) < 4.78 is 10.8. The Balaban J connectivity index is 1.80. The van der Waals surface area contributed by atoms with Crippen molar-refractivity contribution in [3.8, 4) is 0 Å². The van der Waals surface area contributed by atoms with Gasteiger partial charge >= 0.3 is 0 Å². The van der Waals surface area contributed by atoms with Gasteiger partial charge in [-0.25, -0.2) is 0 Å². The summed E-state index contributed by atoms with van der Waals surface area (Å²) in [5.41, 5.74) is 3.61. The van der Waals surface area contributed by atoms with Gasteiger partial charge in [0, 0.05) is 26.7 Å². The van der Waals surface area contributed by atoms with Crippen molar-refractivity contribution in [1.82, 2.24) is 4.90 Å². The predicted molar refractivity (Wildman–Crippen MR) is 100 cm³/mol. The van der Waals surface area contributed by atoms with Crippen molar-refractivity contribution in [3.05, 3.63) is 71.3 Å². The van der Waals surface area contributed by atoms with E-state index in [1.54, 1.807) is 7.11 Å². The number of ether oxygens (including phenoxy) is 2. The number of methoxy groups -OCH3 is 1. The van der Waals surface area contributed by atoms with Crippen molar-refractivity contribution in [3.63, 3.8) is 0 Å². The molecule has 0 spiro atoms. The van der Waals surface area contributed by atoms with E-state index in [0.717, 1.165) is 18.7 Å². The number of rotatable bonds is 11. The number of hydrogen-bond donors (Lipinski definition) is 1. The highest BCUT2D eigenvalue weighted by molar-refractivity contribution is 5.22. The third-order valence-corrected chi connectivity index (χ3v) is 3.99. The first-order valence-electron chi connectivity index (χ1n) is 8.74. The lowest BCUT2D eigenvalue weighted by molar-refractivity contribution is 0.00479. The second-order valence-corrected chi connectivity index (χ2v) is 6.37. The molecule has 136 valence electrons. The highest BCUT2D eigenvalue weighted by atomic mass is 16.5. The summed E-state index contributed by atoms with van der Waals surface area (Å²) >= 11 is 0. The van der Waals surface area contributed by atoms with Crippen molar-refractivity contribution >= 4 is 0 Å². The Morgan fingerprint density at radius 1 is 1.04 bits per heavy atom. The summed E-state index contributed by atoms with van der Waals surface area (Å²) in [6, 6.07) is 18.5. The van der Waals surface area contributed by atoms with Crippen LogP contribution in [0.15, 0.2) is 54.6 Å². The van der Waals surface area contributed by atoms with E-state index in [2.05, 4.69) is 36.1 Å². The van der Waals surface area contributed by atoms with Crippen molar-refractivity contribution in [2.45, 2.75) is 26.2 Å². The maximum absolute atomic E-state index is 10.3. The number of nitrogens with zero attached hydrogens (tertiary/aromatic N) is 1. The van der Waals surface area contributed by atoms with Crippen molar-refractivity contribution in [2.24, 2.45) is 0 Å². The summed E-state index contributed by atoms with van der Waals surface area (Å²) in [5.74, 6) is 0. The maximum atomic E-state index is 10.3. The van der Waals surface area contributed by atoms with E-state index in [9.17, 15) is 5.11 Å². The normalized spacial score (nSPS) is 12.5. The summed E-state index contributed by atoms with van der Waals surface area (Å²) in [5, 5.41) is 10.3. The van der Waals surface area contributed by atoms with Gasteiger partial charge in [-0.2, -0.15) is 0 Å². The molecule has 0 aromatic heterocycles. The SMILES string of the molecule is COCCN(Cc1cccc(C)c1)C[C@@H](O)COCc1ccccc1. The summed E-state index contributed by atoms with van der Waals surface area (Å²) in [6.07, 6.45) is -0.523. The molecule has 2 aromatic rings. The molecule has 1 atom stereocenters. The predicted octanol–water partition coefficient (Wildman–Crippen LogP) is 3.02. The van der Waals surface area contributed by atoms with Crippen LogP contribution in [0.3, 0.4) is 0 Å². The Morgan fingerprint density at radius 3 is 2.52 bits per heavy atom. The Hall–Kier alpha value is -1.72. The molecule has 0 fully saturated rings. The molecule has 2 rings (SSSR count). The van der Waals surface area contributed by atoms with E-state index < -0.39 is 6.10 Å². The molecule has 4 nitrogen and oxygen atoms in total. The lowest BCUT2D eigenvalue weighted by Crippen LogP contribution is -2.36. The quantitative estimate of drug-likeness (QED) is 0.681. The molecule has 4 heteroatoms. The van der Waals surface area contributed by atoms with E-state index in [4.69, 9.17) is 9.47 Å². The molecule has 2 aromatic carbocycles. The Bertz CT molecular complexity index is 603. The molecule has 0 amide bonds.